The van der Waals surface area contributed by atoms with E-state index in [-0.39, 0.29) is 28.8 Å². The van der Waals surface area contributed by atoms with E-state index in [1.54, 1.807) is 25.1 Å². The first kappa shape index (κ1) is 18.7. The van der Waals surface area contributed by atoms with Crippen LogP contribution in [0.4, 0.5) is 0 Å². The minimum Gasteiger partial charge on any atom is -0.486 e. The van der Waals surface area contributed by atoms with Crippen molar-refractivity contribution in [1.29, 1.82) is 0 Å². The summed E-state index contributed by atoms with van der Waals surface area (Å²) < 4.78 is 64.2. The largest absolute Gasteiger partial charge is 0.486 e. The summed E-state index contributed by atoms with van der Waals surface area (Å²) in [4.78, 5) is 0.186. The Hall–Kier alpha value is -2.10. The zero-order valence-electron chi connectivity index (χ0n) is 14.2. The van der Waals surface area contributed by atoms with E-state index in [1.807, 2.05) is 0 Å². The van der Waals surface area contributed by atoms with Gasteiger partial charge in [-0.05, 0) is 30.7 Å². The fourth-order valence-electron chi connectivity index (χ4n) is 2.47. The van der Waals surface area contributed by atoms with E-state index in [0.29, 0.717) is 11.3 Å². The Kier molecular flexibility index (Phi) is 4.96. The monoisotopic (exact) mass is 398 g/mol. The van der Waals surface area contributed by atoms with Crippen molar-refractivity contribution < 1.29 is 30.5 Å². The predicted molar refractivity (Wildman–Crippen MR) is 93.8 cm³/mol. The summed E-state index contributed by atoms with van der Waals surface area (Å²) in [6, 6.07) is 10.8. The Morgan fingerprint density at radius 1 is 1.08 bits per heavy atom. The Balaban J connectivity index is 1.73. The summed E-state index contributed by atoms with van der Waals surface area (Å²) >= 11 is 0. The van der Waals surface area contributed by atoms with E-state index in [9.17, 15) is 16.8 Å². The molecule has 0 aromatic heterocycles. The molecule has 1 unspecified atom stereocenters. The third kappa shape index (κ3) is 4.00. The van der Waals surface area contributed by atoms with E-state index in [1.165, 1.54) is 24.3 Å². The van der Waals surface area contributed by atoms with Crippen LogP contribution in [0.25, 0.3) is 0 Å². The Bertz CT molecular complexity index is 1030. The standard InChI is InChI=1S/C17H18O7S2/c1-12-5-3-4-6-17(12)26(20,21)23-11-13-10-22-15-8-7-14(25(2,18)19)9-16(15)24-13/h3-9,13H,10-11H2,1-2H3. The molecule has 7 nitrogen and oxygen atoms in total. The molecule has 0 amide bonds. The lowest BCUT2D eigenvalue weighted by Gasteiger charge is -2.26. The lowest BCUT2D eigenvalue weighted by atomic mass is 10.2. The van der Waals surface area contributed by atoms with Crippen molar-refractivity contribution in [2.45, 2.75) is 22.8 Å². The lowest BCUT2D eigenvalue weighted by Crippen LogP contribution is -2.34. The molecule has 0 fully saturated rings. The van der Waals surface area contributed by atoms with Gasteiger partial charge in [-0.25, -0.2) is 8.42 Å². The van der Waals surface area contributed by atoms with E-state index in [2.05, 4.69) is 0 Å². The van der Waals surface area contributed by atoms with Crippen molar-refractivity contribution in [3.05, 3.63) is 48.0 Å². The molecule has 2 aromatic rings. The van der Waals surface area contributed by atoms with Gasteiger partial charge in [0.2, 0.25) is 0 Å². The summed E-state index contributed by atoms with van der Waals surface area (Å²) in [7, 11) is -7.32. The number of hydrogen-bond acceptors (Lipinski definition) is 7. The second-order valence-electron chi connectivity index (χ2n) is 5.94. The summed E-state index contributed by atoms with van der Waals surface area (Å²) in [6.07, 6.45) is 0.407. The summed E-state index contributed by atoms with van der Waals surface area (Å²) in [6.45, 7) is 1.52. The first-order valence-corrected chi connectivity index (χ1v) is 11.1. The zero-order valence-corrected chi connectivity index (χ0v) is 15.8. The van der Waals surface area contributed by atoms with Gasteiger partial charge in [0.25, 0.3) is 10.1 Å². The summed E-state index contributed by atoms with van der Waals surface area (Å²) in [5, 5.41) is 0. The van der Waals surface area contributed by atoms with Gasteiger partial charge in [-0.3, -0.25) is 4.18 Å². The van der Waals surface area contributed by atoms with Crippen molar-refractivity contribution in [3.63, 3.8) is 0 Å². The molecule has 0 aliphatic carbocycles. The molecule has 0 spiro atoms. The highest BCUT2D eigenvalue weighted by atomic mass is 32.2. The second-order valence-corrected chi connectivity index (χ2v) is 9.54. The van der Waals surface area contributed by atoms with Crippen LogP contribution in [0.1, 0.15) is 5.56 Å². The summed E-state index contributed by atoms with van der Waals surface area (Å²) in [5.41, 5.74) is 0.580. The van der Waals surface area contributed by atoms with Crippen LogP contribution in [0, 0.1) is 6.92 Å². The van der Waals surface area contributed by atoms with Crippen LogP contribution in [0.15, 0.2) is 52.3 Å². The highest BCUT2D eigenvalue weighted by Gasteiger charge is 2.26. The van der Waals surface area contributed by atoms with Gasteiger partial charge in [0.05, 0.1) is 9.79 Å². The van der Waals surface area contributed by atoms with Gasteiger partial charge in [-0.15, -0.1) is 0 Å². The number of ether oxygens (including phenoxy) is 2. The SMILES string of the molecule is Cc1ccccc1S(=O)(=O)OCC1COc2ccc(S(C)(=O)=O)cc2O1. The normalized spacial score (nSPS) is 17.1. The third-order valence-electron chi connectivity index (χ3n) is 3.83. The maximum absolute atomic E-state index is 12.3. The molecule has 3 rings (SSSR count). The topological polar surface area (TPSA) is 96.0 Å². The molecule has 9 heteroatoms. The first-order valence-electron chi connectivity index (χ1n) is 7.75. The van der Waals surface area contributed by atoms with Crippen molar-refractivity contribution in [2.75, 3.05) is 19.5 Å². The van der Waals surface area contributed by atoms with Gasteiger partial charge in [0, 0.05) is 12.3 Å². The van der Waals surface area contributed by atoms with Crippen LogP contribution < -0.4 is 9.47 Å². The van der Waals surface area contributed by atoms with Gasteiger partial charge in [0.1, 0.15) is 13.2 Å². The minimum atomic E-state index is -3.93. The number of sulfone groups is 1. The van der Waals surface area contributed by atoms with Crippen LogP contribution in [-0.2, 0) is 24.1 Å². The molecule has 0 bridgehead atoms. The van der Waals surface area contributed by atoms with Crippen LogP contribution in [-0.4, -0.2) is 42.4 Å². The first-order chi connectivity index (χ1) is 12.2. The van der Waals surface area contributed by atoms with Gasteiger partial charge >= 0.3 is 0 Å². The fourth-order valence-corrected chi connectivity index (χ4v) is 4.28. The number of aryl methyl sites for hydroxylation is 1. The average Bonchev–Trinajstić information content (AvgIpc) is 2.59. The van der Waals surface area contributed by atoms with E-state index < -0.39 is 26.1 Å². The highest BCUT2D eigenvalue weighted by Crippen LogP contribution is 2.34. The molecule has 0 saturated heterocycles. The maximum Gasteiger partial charge on any atom is 0.297 e. The molecule has 0 N–H and O–H groups in total. The van der Waals surface area contributed by atoms with Crippen LogP contribution in [0.3, 0.4) is 0 Å². The lowest BCUT2D eigenvalue weighted by molar-refractivity contribution is 0.0551. The Morgan fingerprint density at radius 2 is 1.81 bits per heavy atom. The molecule has 0 radical (unpaired) electrons. The highest BCUT2D eigenvalue weighted by molar-refractivity contribution is 7.90. The van der Waals surface area contributed by atoms with Gasteiger partial charge < -0.3 is 9.47 Å². The maximum atomic E-state index is 12.3. The van der Waals surface area contributed by atoms with E-state index in [0.717, 1.165) is 6.26 Å². The molecule has 0 saturated carbocycles. The van der Waals surface area contributed by atoms with Crippen LogP contribution >= 0.6 is 0 Å². The Labute approximate surface area is 152 Å². The number of benzene rings is 2. The molecule has 1 aliphatic heterocycles. The minimum absolute atomic E-state index is 0.0916. The molecular formula is C17H18O7S2. The molecule has 1 heterocycles. The molecule has 2 aromatic carbocycles. The van der Waals surface area contributed by atoms with E-state index >= 15 is 0 Å². The molecule has 140 valence electrons. The average molecular weight is 398 g/mol. The van der Waals surface area contributed by atoms with Crippen LogP contribution in [0.5, 0.6) is 11.5 Å². The van der Waals surface area contributed by atoms with Crippen molar-refractivity contribution >= 4 is 20.0 Å². The van der Waals surface area contributed by atoms with Crippen molar-refractivity contribution in [3.8, 4) is 11.5 Å². The number of hydrogen-bond donors (Lipinski definition) is 0. The second kappa shape index (κ2) is 6.90. The summed E-state index contributed by atoms with van der Waals surface area (Å²) in [5.74, 6) is 0.636. The third-order valence-corrected chi connectivity index (χ3v) is 6.39. The van der Waals surface area contributed by atoms with Gasteiger partial charge in [-0.1, -0.05) is 18.2 Å². The fraction of sp³-hybridized carbons (Fsp3) is 0.294. The Morgan fingerprint density at radius 3 is 2.50 bits per heavy atom. The smallest absolute Gasteiger partial charge is 0.297 e. The molecule has 26 heavy (non-hydrogen) atoms. The van der Waals surface area contributed by atoms with Gasteiger partial charge in [0.15, 0.2) is 27.4 Å². The van der Waals surface area contributed by atoms with Gasteiger partial charge in [-0.2, -0.15) is 8.42 Å². The van der Waals surface area contributed by atoms with Crippen molar-refractivity contribution in [1.82, 2.24) is 0 Å². The molecule has 1 atom stereocenters. The van der Waals surface area contributed by atoms with E-state index in [4.69, 9.17) is 13.7 Å². The quantitative estimate of drug-likeness (QED) is 0.710. The van der Waals surface area contributed by atoms with Crippen molar-refractivity contribution in [2.24, 2.45) is 0 Å². The number of fused-ring (bicyclic) bond motifs is 1. The zero-order chi connectivity index (χ0) is 18.9. The molecule has 1 aliphatic rings. The van der Waals surface area contributed by atoms with Crippen LogP contribution in [0.2, 0.25) is 0 Å². The molecular weight excluding hydrogens is 380 g/mol. The predicted octanol–water partition coefficient (Wildman–Crippen LogP) is 1.94. The number of rotatable bonds is 5.